The van der Waals surface area contributed by atoms with Gasteiger partial charge in [-0.3, -0.25) is 9.59 Å². The Hall–Kier alpha value is -2.02. The number of carbonyl (C=O) groups excluding carboxylic acids is 2. The Balaban J connectivity index is 2.94. The highest BCUT2D eigenvalue weighted by atomic mass is 32.2. The summed E-state index contributed by atoms with van der Waals surface area (Å²) < 4.78 is 0. The van der Waals surface area contributed by atoms with Crippen molar-refractivity contribution < 1.29 is 19.5 Å². The van der Waals surface area contributed by atoms with Crippen molar-refractivity contribution >= 4 is 35.2 Å². The monoisotopic (exact) mass is 352 g/mol. The zero-order valence-corrected chi connectivity index (χ0v) is 15.2. The van der Waals surface area contributed by atoms with Gasteiger partial charge in [0.05, 0.1) is 11.3 Å². The topological polar surface area (TPSA) is 95.5 Å². The molecule has 3 N–H and O–H groups in total. The number of thioether (sulfide) groups is 1. The molecular formula is C17H24N2O4S. The lowest BCUT2D eigenvalue weighted by molar-refractivity contribution is -0.139. The van der Waals surface area contributed by atoms with Crippen LogP contribution < -0.4 is 10.6 Å². The summed E-state index contributed by atoms with van der Waals surface area (Å²) >= 11 is 1.51. The SMILES string of the molecule is CSCCC(NC(=O)c1ccccc1NC(=O)C(C)(C)C)C(=O)O. The van der Waals surface area contributed by atoms with Gasteiger partial charge in [-0.1, -0.05) is 32.9 Å². The summed E-state index contributed by atoms with van der Waals surface area (Å²) in [6.45, 7) is 5.32. The molecule has 1 aromatic rings. The number of benzene rings is 1. The number of carbonyl (C=O) groups is 3. The van der Waals surface area contributed by atoms with E-state index in [4.69, 9.17) is 0 Å². The van der Waals surface area contributed by atoms with Gasteiger partial charge in [0, 0.05) is 5.41 Å². The standard InChI is InChI=1S/C17H24N2O4S/c1-17(2,3)16(23)19-12-8-6-5-7-11(12)14(20)18-13(15(21)22)9-10-24-4/h5-8,13H,9-10H2,1-4H3,(H,18,20)(H,19,23)(H,21,22). The molecule has 0 aliphatic carbocycles. The first kappa shape index (κ1) is 20.0. The number of hydrogen-bond acceptors (Lipinski definition) is 4. The van der Waals surface area contributed by atoms with Gasteiger partial charge in [0.1, 0.15) is 6.04 Å². The molecule has 0 aliphatic heterocycles. The maximum absolute atomic E-state index is 12.4. The van der Waals surface area contributed by atoms with Gasteiger partial charge in [-0.2, -0.15) is 11.8 Å². The molecule has 0 spiro atoms. The number of carboxylic acid groups (broad SMARTS) is 1. The number of para-hydroxylation sites is 1. The van der Waals surface area contributed by atoms with Crippen LogP contribution in [0.25, 0.3) is 0 Å². The van der Waals surface area contributed by atoms with Crippen molar-refractivity contribution in [1.82, 2.24) is 5.32 Å². The molecule has 0 aliphatic rings. The normalized spacial score (nSPS) is 12.3. The van der Waals surface area contributed by atoms with E-state index in [1.54, 1.807) is 45.0 Å². The summed E-state index contributed by atoms with van der Waals surface area (Å²) in [6, 6.07) is 5.59. The van der Waals surface area contributed by atoms with Crippen molar-refractivity contribution in [2.45, 2.75) is 33.2 Å². The molecule has 132 valence electrons. The number of anilines is 1. The third-order valence-electron chi connectivity index (χ3n) is 3.32. The molecule has 0 saturated carbocycles. The second-order valence-electron chi connectivity index (χ2n) is 6.40. The Morgan fingerprint density at radius 2 is 1.83 bits per heavy atom. The fourth-order valence-electron chi connectivity index (χ4n) is 1.83. The van der Waals surface area contributed by atoms with E-state index in [0.717, 1.165) is 0 Å². The van der Waals surface area contributed by atoms with Gasteiger partial charge in [-0.05, 0) is 30.6 Å². The fourth-order valence-corrected chi connectivity index (χ4v) is 2.30. The highest BCUT2D eigenvalue weighted by molar-refractivity contribution is 7.98. The third-order valence-corrected chi connectivity index (χ3v) is 3.96. The van der Waals surface area contributed by atoms with Crippen molar-refractivity contribution in [1.29, 1.82) is 0 Å². The third kappa shape index (κ3) is 5.88. The fraction of sp³-hybridized carbons (Fsp3) is 0.471. The van der Waals surface area contributed by atoms with E-state index in [1.807, 2.05) is 6.26 Å². The zero-order valence-electron chi connectivity index (χ0n) is 14.4. The maximum atomic E-state index is 12.4. The van der Waals surface area contributed by atoms with Crippen LogP contribution in [0.1, 0.15) is 37.6 Å². The molecule has 2 amide bonds. The number of hydrogen-bond donors (Lipinski definition) is 3. The largest absolute Gasteiger partial charge is 0.480 e. The lowest BCUT2D eigenvalue weighted by Gasteiger charge is -2.20. The number of nitrogens with one attached hydrogen (secondary N) is 2. The maximum Gasteiger partial charge on any atom is 0.326 e. The van der Waals surface area contributed by atoms with Gasteiger partial charge in [0.2, 0.25) is 5.91 Å². The Bertz CT molecular complexity index is 611. The van der Waals surface area contributed by atoms with Gasteiger partial charge in [0.25, 0.3) is 5.91 Å². The average molecular weight is 352 g/mol. The Morgan fingerprint density at radius 1 is 1.21 bits per heavy atom. The van der Waals surface area contributed by atoms with Crippen LogP contribution in [0.4, 0.5) is 5.69 Å². The van der Waals surface area contributed by atoms with E-state index in [9.17, 15) is 19.5 Å². The lowest BCUT2D eigenvalue weighted by Crippen LogP contribution is -2.41. The van der Waals surface area contributed by atoms with Crippen molar-refractivity contribution in [3.05, 3.63) is 29.8 Å². The average Bonchev–Trinajstić information content (AvgIpc) is 2.50. The van der Waals surface area contributed by atoms with Crippen molar-refractivity contribution in [3.63, 3.8) is 0 Å². The van der Waals surface area contributed by atoms with Gasteiger partial charge in [-0.25, -0.2) is 4.79 Å². The van der Waals surface area contributed by atoms with Crippen LogP contribution >= 0.6 is 11.8 Å². The second kappa shape index (κ2) is 8.73. The molecule has 1 rings (SSSR count). The predicted octanol–water partition coefficient (Wildman–Crippen LogP) is 2.61. The molecule has 0 aromatic heterocycles. The summed E-state index contributed by atoms with van der Waals surface area (Å²) in [6.07, 6.45) is 2.21. The molecule has 0 saturated heterocycles. The van der Waals surface area contributed by atoms with E-state index < -0.39 is 23.3 Å². The van der Waals surface area contributed by atoms with Crippen LogP contribution in [-0.4, -0.2) is 40.9 Å². The lowest BCUT2D eigenvalue weighted by atomic mass is 9.95. The molecular weight excluding hydrogens is 328 g/mol. The van der Waals surface area contributed by atoms with Crippen LogP contribution in [0.3, 0.4) is 0 Å². The first-order valence-electron chi connectivity index (χ1n) is 7.60. The molecule has 0 heterocycles. The molecule has 1 atom stereocenters. The van der Waals surface area contributed by atoms with E-state index >= 15 is 0 Å². The van der Waals surface area contributed by atoms with E-state index in [0.29, 0.717) is 17.9 Å². The smallest absolute Gasteiger partial charge is 0.326 e. The Kier molecular flexibility index (Phi) is 7.28. The van der Waals surface area contributed by atoms with E-state index in [-0.39, 0.29) is 11.5 Å². The van der Waals surface area contributed by atoms with Gasteiger partial charge >= 0.3 is 5.97 Å². The number of rotatable bonds is 7. The zero-order chi connectivity index (χ0) is 18.3. The minimum absolute atomic E-state index is 0.222. The molecule has 0 fully saturated rings. The summed E-state index contributed by atoms with van der Waals surface area (Å²) in [4.78, 5) is 35.9. The minimum atomic E-state index is -1.08. The molecule has 0 bridgehead atoms. The predicted molar refractivity (Wildman–Crippen MR) is 96.4 cm³/mol. The summed E-state index contributed by atoms with van der Waals surface area (Å²) in [5.74, 6) is -1.19. The summed E-state index contributed by atoms with van der Waals surface area (Å²) in [7, 11) is 0. The number of carboxylic acids is 1. The first-order valence-corrected chi connectivity index (χ1v) is 8.99. The van der Waals surface area contributed by atoms with Crippen LogP contribution in [0.2, 0.25) is 0 Å². The van der Waals surface area contributed by atoms with Crippen LogP contribution in [0, 0.1) is 5.41 Å². The van der Waals surface area contributed by atoms with Crippen LogP contribution in [0.5, 0.6) is 0 Å². The molecule has 0 radical (unpaired) electrons. The summed E-state index contributed by atoms with van der Waals surface area (Å²) in [5.41, 5.74) is 0.000337. The van der Waals surface area contributed by atoms with Crippen LogP contribution in [-0.2, 0) is 9.59 Å². The molecule has 24 heavy (non-hydrogen) atoms. The number of aliphatic carboxylic acids is 1. The Morgan fingerprint density at radius 3 is 2.38 bits per heavy atom. The van der Waals surface area contributed by atoms with Gasteiger partial charge in [-0.15, -0.1) is 0 Å². The van der Waals surface area contributed by atoms with Gasteiger partial charge < -0.3 is 15.7 Å². The molecule has 7 heteroatoms. The van der Waals surface area contributed by atoms with E-state index in [1.165, 1.54) is 11.8 Å². The first-order chi connectivity index (χ1) is 11.2. The van der Waals surface area contributed by atoms with E-state index in [2.05, 4.69) is 10.6 Å². The highest BCUT2D eigenvalue weighted by Gasteiger charge is 2.25. The van der Waals surface area contributed by atoms with Crippen molar-refractivity contribution in [3.8, 4) is 0 Å². The second-order valence-corrected chi connectivity index (χ2v) is 7.38. The van der Waals surface area contributed by atoms with Crippen molar-refractivity contribution in [2.75, 3.05) is 17.3 Å². The van der Waals surface area contributed by atoms with Crippen molar-refractivity contribution in [2.24, 2.45) is 5.41 Å². The Labute approximate surface area is 146 Å². The molecule has 1 aromatic carbocycles. The quantitative estimate of drug-likeness (QED) is 0.701. The summed E-state index contributed by atoms with van der Waals surface area (Å²) in [5, 5.41) is 14.5. The molecule has 1 unspecified atom stereocenters. The molecule has 6 nitrogen and oxygen atoms in total. The minimum Gasteiger partial charge on any atom is -0.480 e. The van der Waals surface area contributed by atoms with Crippen LogP contribution in [0.15, 0.2) is 24.3 Å². The number of amides is 2. The van der Waals surface area contributed by atoms with Gasteiger partial charge in [0.15, 0.2) is 0 Å². The highest BCUT2D eigenvalue weighted by Crippen LogP contribution is 2.20.